The molecule has 31 heavy (non-hydrogen) atoms. The Hall–Kier alpha value is -2.71. The minimum atomic E-state index is 0.184. The van der Waals surface area contributed by atoms with E-state index in [1.54, 1.807) is 0 Å². The lowest BCUT2D eigenvalue weighted by atomic mass is 10.2. The molecule has 1 aromatic heterocycles. The van der Waals surface area contributed by atoms with Gasteiger partial charge in [0.15, 0.2) is 0 Å². The average molecular weight is 484 g/mol. The zero-order chi connectivity index (χ0) is 21.6. The second kappa shape index (κ2) is 10.1. The van der Waals surface area contributed by atoms with E-state index in [1.807, 2.05) is 53.4 Å². The number of aromatic nitrogens is 2. The number of carbonyl (C=O) groups is 1. The number of fused-ring (bicyclic) bond motifs is 1. The van der Waals surface area contributed by atoms with Gasteiger partial charge >= 0.3 is 0 Å². The molecule has 4 rings (SSSR count). The SMILES string of the molecule is Nc1nc(CN2CCN(C(=O)CCCOc3cccc(Br)c3)CC2)nc2ccccc12. The van der Waals surface area contributed by atoms with Crippen LogP contribution in [-0.2, 0) is 11.3 Å². The largest absolute Gasteiger partial charge is 0.494 e. The van der Waals surface area contributed by atoms with Gasteiger partial charge in [0.2, 0.25) is 5.91 Å². The number of amides is 1. The predicted octanol–water partition coefficient (Wildman–Crippen LogP) is 3.48. The van der Waals surface area contributed by atoms with Gasteiger partial charge in [-0.05, 0) is 36.8 Å². The summed E-state index contributed by atoms with van der Waals surface area (Å²) in [4.78, 5) is 25.8. The summed E-state index contributed by atoms with van der Waals surface area (Å²) >= 11 is 3.43. The first-order valence-corrected chi connectivity index (χ1v) is 11.3. The number of piperazine rings is 1. The number of carbonyl (C=O) groups excluding carboxylic acids is 1. The van der Waals surface area contributed by atoms with Crippen molar-refractivity contribution in [3.05, 3.63) is 58.8 Å². The Balaban J connectivity index is 1.21. The van der Waals surface area contributed by atoms with Gasteiger partial charge in [0, 0.05) is 42.5 Å². The lowest BCUT2D eigenvalue weighted by Crippen LogP contribution is -2.48. The molecule has 2 aromatic carbocycles. The molecular formula is C23H26BrN5O2. The molecule has 0 aliphatic carbocycles. The highest BCUT2D eigenvalue weighted by atomic mass is 79.9. The van der Waals surface area contributed by atoms with Gasteiger partial charge in [-0.25, -0.2) is 9.97 Å². The van der Waals surface area contributed by atoms with E-state index >= 15 is 0 Å². The predicted molar refractivity (Wildman–Crippen MR) is 125 cm³/mol. The maximum absolute atomic E-state index is 12.5. The summed E-state index contributed by atoms with van der Waals surface area (Å²) in [6.45, 7) is 4.20. The summed E-state index contributed by atoms with van der Waals surface area (Å²) in [6, 6.07) is 15.5. The molecule has 2 heterocycles. The second-order valence-electron chi connectivity index (χ2n) is 7.61. The van der Waals surface area contributed by atoms with Crippen molar-refractivity contribution >= 4 is 38.6 Å². The van der Waals surface area contributed by atoms with E-state index in [4.69, 9.17) is 10.5 Å². The Morgan fingerprint density at radius 2 is 1.87 bits per heavy atom. The fraction of sp³-hybridized carbons (Fsp3) is 0.348. The maximum Gasteiger partial charge on any atom is 0.222 e. The normalized spacial score (nSPS) is 14.7. The van der Waals surface area contributed by atoms with E-state index in [0.29, 0.717) is 44.9 Å². The van der Waals surface area contributed by atoms with Crippen LogP contribution in [0.4, 0.5) is 5.82 Å². The number of nitrogens with two attached hydrogens (primary N) is 1. The molecule has 1 saturated heterocycles. The lowest BCUT2D eigenvalue weighted by Gasteiger charge is -2.34. The molecule has 7 nitrogen and oxygen atoms in total. The summed E-state index contributed by atoms with van der Waals surface area (Å²) in [5.41, 5.74) is 6.96. The van der Waals surface area contributed by atoms with Crippen LogP contribution in [0.5, 0.6) is 5.75 Å². The number of nitrogens with zero attached hydrogens (tertiary/aromatic N) is 4. The fourth-order valence-corrected chi connectivity index (χ4v) is 4.08. The minimum absolute atomic E-state index is 0.184. The zero-order valence-corrected chi connectivity index (χ0v) is 18.9. The Kier molecular flexibility index (Phi) is 6.99. The van der Waals surface area contributed by atoms with E-state index in [9.17, 15) is 4.79 Å². The van der Waals surface area contributed by atoms with Crippen LogP contribution in [0, 0.1) is 0 Å². The van der Waals surface area contributed by atoms with Gasteiger partial charge in [-0.15, -0.1) is 0 Å². The third kappa shape index (κ3) is 5.71. The monoisotopic (exact) mass is 483 g/mol. The second-order valence-corrected chi connectivity index (χ2v) is 8.52. The van der Waals surface area contributed by atoms with Gasteiger partial charge in [-0.1, -0.05) is 34.1 Å². The molecule has 8 heteroatoms. The van der Waals surface area contributed by atoms with Crippen molar-refractivity contribution in [3.8, 4) is 5.75 Å². The van der Waals surface area contributed by atoms with Crippen molar-refractivity contribution < 1.29 is 9.53 Å². The molecule has 2 N–H and O–H groups in total. The summed E-state index contributed by atoms with van der Waals surface area (Å²) in [6.07, 6.45) is 1.20. The highest BCUT2D eigenvalue weighted by molar-refractivity contribution is 9.10. The molecule has 3 aromatic rings. The first kappa shape index (κ1) is 21.5. The molecule has 0 radical (unpaired) electrons. The van der Waals surface area contributed by atoms with Crippen LogP contribution >= 0.6 is 15.9 Å². The van der Waals surface area contributed by atoms with E-state index in [0.717, 1.165) is 40.0 Å². The summed E-state index contributed by atoms with van der Waals surface area (Å²) in [7, 11) is 0. The quantitative estimate of drug-likeness (QED) is 0.517. The lowest BCUT2D eigenvalue weighted by molar-refractivity contribution is -0.133. The van der Waals surface area contributed by atoms with Crippen LogP contribution in [-0.4, -0.2) is 58.5 Å². The molecule has 1 fully saturated rings. The van der Waals surface area contributed by atoms with Crippen molar-refractivity contribution in [3.63, 3.8) is 0 Å². The number of nitrogen functional groups attached to an aromatic ring is 1. The molecule has 0 spiro atoms. The summed E-state index contributed by atoms with van der Waals surface area (Å²) < 4.78 is 6.70. The van der Waals surface area contributed by atoms with Gasteiger partial charge < -0.3 is 15.4 Å². The van der Waals surface area contributed by atoms with Crippen molar-refractivity contribution in [2.45, 2.75) is 19.4 Å². The number of benzene rings is 2. The number of hydrogen-bond donors (Lipinski definition) is 1. The third-order valence-electron chi connectivity index (χ3n) is 5.37. The number of ether oxygens (including phenoxy) is 1. The van der Waals surface area contributed by atoms with Crippen LogP contribution in [0.3, 0.4) is 0 Å². The van der Waals surface area contributed by atoms with Crippen LogP contribution in [0.15, 0.2) is 53.0 Å². The van der Waals surface area contributed by atoms with Gasteiger partial charge in [0.05, 0.1) is 18.7 Å². The number of para-hydroxylation sites is 1. The molecule has 1 amide bonds. The third-order valence-corrected chi connectivity index (χ3v) is 5.86. The van der Waals surface area contributed by atoms with Crippen LogP contribution in [0.1, 0.15) is 18.7 Å². The van der Waals surface area contributed by atoms with E-state index in [-0.39, 0.29) is 5.91 Å². The summed E-state index contributed by atoms with van der Waals surface area (Å²) in [5.74, 6) is 2.23. The van der Waals surface area contributed by atoms with E-state index in [1.165, 1.54) is 0 Å². The van der Waals surface area contributed by atoms with Crippen LogP contribution in [0.2, 0.25) is 0 Å². The molecule has 1 aliphatic rings. The summed E-state index contributed by atoms with van der Waals surface area (Å²) in [5, 5.41) is 0.880. The topological polar surface area (TPSA) is 84.6 Å². The number of anilines is 1. The standard InChI is InChI=1S/C23H26BrN5O2/c24-17-5-3-6-18(15-17)31-14-4-9-22(30)29-12-10-28(11-13-29)16-21-26-20-8-2-1-7-19(20)23(25)27-21/h1-3,5-8,15H,4,9-14,16H2,(H2,25,26,27). The first-order chi connectivity index (χ1) is 15.1. The van der Waals surface area contributed by atoms with Gasteiger partial charge in [-0.3, -0.25) is 9.69 Å². The smallest absolute Gasteiger partial charge is 0.222 e. The highest BCUT2D eigenvalue weighted by Gasteiger charge is 2.21. The Morgan fingerprint density at radius 1 is 1.06 bits per heavy atom. The van der Waals surface area contributed by atoms with Gasteiger partial charge in [0.25, 0.3) is 0 Å². The molecule has 0 saturated carbocycles. The van der Waals surface area contributed by atoms with Crippen molar-refractivity contribution in [2.24, 2.45) is 0 Å². The Morgan fingerprint density at radius 3 is 2.68 bits per heavy atom. The maximum atomic E-state index is 12.5. The zero-order valence-electron chi connectivity index (χ0n) is 17.3. The number of rotatable bonds is 7. The first-order valence-electron chi connectivity index (χ1n) is 10.5. The average Bonchev–Trinajstić information content (AvgIpc) is 2.77. The minimum Gasteiger partial charge on any atom is -0.494 e. The van der Waals surface area contributed by atoms with Crippen molar-refractivity contribution in [1.82, 2.24) is 19.8 Å². The Bertz CT molecular complexity index is 1050. The fourth-order valence-electron chi connectivity index (χ4n) is 3.71. The number of halogens is 1. The Labute approximate surface area is 190 Å². The molecular weight excluding hydrogens is 458 g/mol. The molecule has 0 unspecified atom stereocenters. The highest BCUT2D eigenvalue weighted by Crippen LogP contribution is 2.19. The van der Waals surface area contributed by atoms with E-state index < -0.39 is 0 Å². The van der Waals surface area contributed by atoms with Gasteiger partial charge in [0.1, 0.15) is 17.4 Å². The molecule has 0 atom stereocenters. The van der Waals surface area contributed by atoms with Crippen molar-refractivity contribution in [2.75, 3.05) is 38.5 Å². The molecule has 162 valence electrons. The molecule has 1 aliphatic heterocycles. The van der Waals surface area contributed by atoms with Crippen LogP contribution < -0.4 is 10.5 Å². The van der Waals surface area contributed by atoms with Gasteiger partial charge in [-0.2, -0.15) is 0 Å². The van der Waals surface area contributed by atoms with E-state index in [2.05, 4.69) is 30.8 Å². The van der Waals surface area contributed by atoms with Crippen LogP contribution in [0.25, 0.3) is 10.9 Å². The van der Waals surface area contributed by atoms with Crippen molar-refractivity contribution in [1.29, 1.82) is 0 Å². The number of hydrogen-bond acceptors (Lipinski definition) is 6. The molecule has 0 bridgehead atoms.